The van der Waals surface area contributed by atoms with Gasteiger partial charge in [0.25, 0.3) is 0 Å². The van der Waals surface area contributed by atoms with Gasteiger partial charge in [-0.05, 0) is 12.0 Å². The molecule has 1 heterocycles. The molecule has 1 fully saturated rings. The van der Waals surface area contributed by atoms with Crippen LogP contribution in [0.2, 0.25) is 0 Å². The van der Waals surface area contributed by atoms with Crippen LogP contribution >= 0.6 is 0 Å². The summed E-state index contributed by atoms with van der Waals surface area (Å²) in [4.78, 5) is 0. The average Bonchev–Trinajstić information content (AvgIpc) is 2.41. The molecule has 1 atom stereocenters. The molecular formula is C15H23NO2. The molecule has 18 heavy (non-hydrogen) atoms. The first-order valence-corrected chi connectivity index (χ1v) is 6.64. The molecule has 1 aliphatic heterocycles. The van der Waals surface area contributed by atoms with E-state index in [9.17, 15) is 0 Å². The Balaban J connectivity index is 1.78. The predicted molar refractivity (Wildman–Crippen MR) is 72.6 cm³/mol. The van der Waals surface area contributed by atoms with Crippen molar-refractivity contribution in [1.82, 2.24) is 5.32 Å². The molecule has 100 valence electrons. The molecule has 1 saturated heterocycles. The zero-order chi connectivity index (χ0) is 12.8. The fourth-order valence-electron chi connectivity index (χ4n) is 2.20. The van der Waals surface area contributed by atoms with Crippen LogP contribution in [0.4, 0.5) is 0 Å². The molecule has 0 aliphatic carbocycles. The van der Waals surface area contributed by atoms with Crippen LogP contribution in [-0.4, -0.2) is 32.6 Å². The summed E-state index contributed by atoms with van der Waals surface area (Å²) in [6.45, 7) is 7.64. The number of ether oxygens (including phenoxy) is 2. The van der Waals surface area contributed by atoms with E-state index in [0.717, 1.165) is 26.1 Å². The van der Waals surface area contributed by atoms with Gasteiger partial charge in [-0.2, -0.15) is 0 Å². The van der Waals surface area contributed by atoms with Crippen LogP contribution in [0.3, 0.4) is 0 Å². The molecule has 0 amide bonds. The van der Waals surface area contributed by atoms with Gasteiger partial charge in [-0.3, -0.25) is 0 Å². The predicted octanol–water partition coefficient (Wildman–Crippen LogP) is 2.32. The lowest BCUT2D eigenvalue weighted by molar-refractivity contribution is -0.137. The van der Waals surface area contributed by atoms with Crippen LogP contribution in [0, 0.1) is 0 Å². The van der Waals surface area contributed by atoms with Crippen molar-refractivity contribution in [2.45, 2.75) is 31.8 Å². The zero-order valence-corrected chi connectivity index (χ0v) is 11.3. The Labute approximate surface area is 109 Å². The molecule has 0 radical (unpaired) electrons. The monoisotopic (exact) mass is 249 g/mol. The Morgan fingerprint density at radius 3 is 2.72 bits per heavy atom. The normalized spacial score (nSPS) is 20.9. The first kappa shape index (κ1) is 13.5. The molecule has 1 N–H and O–H groups in total. The summed E-state index contributed by atoms with van der Waals surface area (Å²) < 4.78 is 10.7. The fourth-order valence-corrected chi connectivity index (χ4v) is 2.20. The third kappa shape index (κ3) is 3.80. The van der Waals surface area contributed by atoms with Crippen molar-refractivity contribution in [2.75, 3.05) is 26.5 Å². The standard InChI is InChI=1S/C15H23NO2/c1-15(2,13-6-4-3-5-7-13)11-16-10-14-8-9-17-12-18-14/h3-7,14,16H,8-12H2,1-2H3. The maximum absolute atomic E-state index is 5.51. The van der Waals surface area contributed by atoms with Gasteiger partial charge in [0.2, 0.25) is 0 Å². The third-order valence-electron chi connectivity index (χ3n) is 3.47. The summed E-state index contributed by atoms with van der Waals surface area (Å²) in [5.74, 6) is 0. The number of hydrogen-bond acceptors (Lipinski definition) is 3. The summed E-state index contributed by atoms with van der Waals surface area (Å²) in [6.07, 6.45) is 1.28. The van der Waals surface area contributed by atoms with Crippen LogP contribution in [0.15, 0.2) is 30.3 Å². The van der Waals surface area contributed by atoms with Crippen LogP contribution in [0.5, 0.6) is 0 Å². The molecule has 3 heteroatoms. The fraction of sp³-hybridized carbons (Fsp3) is 0.600. The van der Waals surface area contributed by atoms with Crippen molar-refractivity contribution >= 4 is 0 Å². The van der Waals surface area contributed by atoms with Crippen molar-refractivity contribution < 1.29 is 9.47 Å². The van der Waals surface area contributed by atoms with E-state index in [1.807, 2.05) is 0 Å². The molecular weight excluding hydrogens is 226 g/mol. The van der Waals surface area contributed by atoms with E-state index in [1.165, 1.54) is 5.56 Å². The molecule has 2 rings (SSSR count). The second-order valence-electron chi connectivity index (χ2n) is 5.48. The van der Waals surface area contributed by atoms with E-state index < -0.39 is 0 Å². The van der Waals surface area contributed by atoms with E-state index >= 15 is 0 Å². The van der Waals surface area contributed by atoms with E-state index in [4.69, 9.17) is 9.47 Å². The van der Waals surface area contributed by atoms with E-state index in [0.29, 0.717) is 12.9 Å². The molecule has 0 aromatic heterocycles. The van der Waals surface area contributed by atoms with Crippen molar-refractivity contribution in [3.8, 4) is 0 Å². The maximum Gasteiger partial charge on any atom is 0.147 e. The van der Waals surface area contributed by atoms with Crippen molar-refractivity contribution in [3.05, 3.63) is 35.9 Å². The largest absolute Gasteiger partial charge is 0.355 e. The topological polar surface area (TPSA) is 30.5 Å². The number of rotatable bonds is 5. The molecule has 1 unspecified atom stereocenters. The molecule has 1 aromatic carbocycles. The van der Waals surface area contributed by atoms with Gasteiger partial charge in [-0.25, -0.2) is 0 Å². The van der Waals surface area contributed by atoms with Gasteiger partial charge in [-0.1, -0.05) is 44.2 Å². The summed E-state index contributed by atoms with van der Waals surface area (Å²) >= 11 is 0. The highest BCUT2D eigenvalue weighted by Crippen LogP contribution is 2.21. The third-order valence-corrected chi connectivity index (χ3v) is 3.47. The van der Waals surface area contributed by atoms with Gasteiger partial charge < -0.3 is 14.8 Å². The first-order chi connectivity index (χ1) is 8.68. The lowest BCUT2D eigenvalue weighted by Crippen LogP contribution is -2.39. The molecule has 1 aromatic rings. The Bertz CT molecular complexity index is 345. The summed E-state index contributed by atoms with van der Waals surface area (Å²) in [7, 11) is 0. The van der Waals surface area contributed by atoms with E-state index in [2.05, 4.69) is 49.5 Å². The smallest absolute Gasteiger partial charge is 0.147 e. The van der Waals surface area contributed by atoms with Crippen molar-refractivity contribution in [2.24, 2.45) is 0 Å². The Kier molecular flexibility index (Phi) is 4.75. The second-order valence-corrected chi connectivity index (χ2v) is 5.48. The molecule has 0 bridgehead atoms. The Hall–Kier alpha value is -0.900. The lowest BCUT2D eigenvalue weighted by atomic mass is 9.84. The van der Waals surface area contributed by atoms with Gasteiger partial charge in [0.05, 0.1) is 12.7 Å². The Morgan fingerprint density at radius 1 is 1.28 bits per heavy atom. The highest BCUT2D eigenvalue weighted by atomic mass is 16.7. The minimum atomic E-state index is 0.145. The van der Waals surface area contributed by atoms with Gasteiger partial charge >= 0.3 is 0 Å². The number of nitrogens with one attached hydrogen (secondary N) is 1. The molecule has 0 spiro atoms. The Morgan fingerprint density at radius 2 is 2.06 bits per heavy atom. The minimum absolute atomic E-state index is 0.145. The van der Waals surface area contributed by atoms with Crippen LogP contribution in [-0.2, 0) is 14.9 Å². The quantitative estimate of drug-likeness (QED) is 0.868. The number of hydrogen-bond donors (Lipinski definition) is 1. The van der Waals surface area contributed by atoms with E-state index in [-0.39, 0.29) is 5.41 Å². The van der Waals surface area contributed by atoms with Crippen molar-refractivity contribution in [3.63, 3.8) is 0 Å². The van der Waals surface area contributed by atoms with Gasteiger partial charge in [0.1, 0.15) is 6.79 Å². The highest BCUT2D eigenvalue weighted by Gasteiger charge is 2.21. The van der Waals surface area contributed by atoms with Gasteiger partial charge in [0.15, 0.2) is 0 Å². The highest BCUT2D eigenvalue weighted by molar-refractivity contribution is 5.23. The molecule has 3 nitrogen and oxygen atoms in total. The average molecular weight is 249 g/mol. The summed E-state index contributed by atoms with van der Waals surface area (Å²) in [6, 6.07) is 10.6. The number of benzene rings is 1. The zero-order valence-electron chi connectivity index (χ0n) is 11.3. The molecule has 0 saturated carbocycles. The van der Waals surface area contributed by atoms with Crippen LogP contribution < -0.4 is 5.32 Å². The van der Waals surface area contributed by atoms with Crippen LogP contribution in [0.25, 0.3) is 0 Å². The molecule has 1 aliphatic rings. The first-order valence-electron chi connectivity index (χ1n) is 6.64. The van der Waals surface area contributed by atoms with Crippen molar-refractivity contribution in [1.29, 1.82) is 0 Å². The lowest BCUT2D eigenvalue weighted by Gasteiger charge is -2.28. The second kappa shape index (κ2) is 6.32. The summed E-state index contributed by atoms with van der Waals surface area (Å²) in [5.41, 5.74) is 1.51. The van der Waals surface area contributed by atoms with Gasteiger partial charge in [-0.15, -0.1) is 0 Å². The summed E-state index contributed by atoms with van der Waals surface area (Å²) in [5, 5.41) is 3.51. The maximum atomic E-state index is 5.51. The SMILES string of the molecule is CC(C)(CNCC1CCOCO1)c1ccccc1. The minimum Gasteiger partial charge on any atom is -0.355 e. The van der Waals surface area contributed by atoms with Crippen LogP contribution in [0.1, 0.15) is 25.8 Å². The van der Waals surface area contributed by atoms with E-state index in [1.54, 1.807) is 0 Å². The van der Waals surface area contributed by atoms with Gasteiger partial charge in [0, 0.05) is 18.5 Å².